The highest BCUT2D eigenvalue weighted by molar-refractivity contribution is 6.61. The van der Waals surface area contributed by atoms with Gasteiger partial charge in [-0.25, -0.2) is 9.59 Å². The van der Waals surface area contributed by atoms with Crippen LogP contribution < -0.4 is 0 Å². The summed E-state index contributed by atoms with van der Waals surface area (Å²) in [5.74, 6) is -2.49. The van der Waals surface area contributed by atoms with E-state index in [0.717, 1.165) is 24.0 Å². The van der Waals surface area contributed by atoms with Gasteiger partial charge in [0.05, 0.1) is 23.7 Å². The Morgan fingerprint density at radius 2 is 1.02 bits per heavy atom. The molecular formula is C34H31ClN2O10. The maximum absolute atomic E-state index is 12.3. The highest BCUT2D eigenvalue weighted by Gasteiger charge is 2.61. The van der Waals surface area contributed by atoms with Gasteiger partial charge in [-0.15, -0.1) is 0 Å². The summed E-state index contributed by atoms with van der Waals surface area (Å²) in [6.45, 7) is 0.263. The molecule has 2 aromatic rings. The maximum Gasteiger partial charge on any atom is 0.534 e. The maximum atomic E-state index is 12.3. The summed E-state index contributed by atoms with van der Waals surface area (Å²) >= 11 is 4.97. The fourth-order valence-electron chi connectivity index (χ4n) is 7.38. The zero-order chi connectivity index (χ0) is 33.2. The molecule has 4 bridgehead atoms. The van der Waals surface area contributed by atoms with Crippen LogP contribution in [0.2, 0.25) is 0 Å². The Bertz CT molecular complexity index is 1570. The Kier molecular flexibility index (Phi) is 9.24. The predicted octanol–water partition coefficient (Wildman–Crippen LogP) is 4.81. The van der Waals surface area contributed by atoms with E-state index >= 15 is 0 Å². The minimum atomic E-state index is -1.05. The number of fused-ring (bicyclic) bond motifs is 10. The molecule has 4 fully saturated rings. The number of ether oxygens (including phenoxy) is 2. The Balaban J connectivity index is 0.000000136. The number of nitrogens with zero attached hydrogens (tertiary/aromatic N) is 2. The second kappa shape index (κ2) is 13.5. The highest BCUT2D eigenvalue weighted by atomic mass is 35.5. The van der Waals surface area contributed by atoms with E-state index in [1.165, 1.54) is 0 Å². The van der Waals surface area contributed by atoms with Crippen molar-refractivity contribution < 1.29 is 48.3 Å². The summed E-state index contributed by atoms with van der Waals surface area (Å²) in [6, 6.07) is 18.5. The number of carbonyl (C=O) groups is 6. The number of carbonyl (C=O) groups excluding carboxylic acids is 6. The van der Waals surface area contributed by atoms with E-state index in [1.54, 1.807) is 12.1 Å². The summed E-state index contributed by atoms with van der Waals surface area (Å²) in [5.41, 5.74) is 0.956. The first kappa shape index (κ1) is 32.1. The third-order valence-corrected chi connectivity index (χ3v) is 9.55. The van der Waals surface area contributed by atoms with Crippen LogP contribution in [0.1, 0.15) is 24.0 Å². The molecule has 47 heavy (non-hydrogen) atoms. The molecule has 2 aromatic carbocycles. The number of benzene rings is 2. The zero-order valence-corrected chi connectivity index (χ0v) is 25.7. The first-order valence-corrected chi connectivity index (χ1v) is 15.6. The number of allylic oxidation sites excluding steroid dienone is 4. The molecule has 244 valence electrons. The summed E-state index contributed by atoms with van der Waals surface area (Å²) in [7, 11) is 0. The lowest BCUT2D eigenvalue weighted by atomic mass is 9.85. The van der Waals surface area contributed by atoms with Crippen LogP contribution >= 0.6 is 11.6 Å². The van der Waals surface area contributed by atoms with E-state index in [2.05, 4.69) is 4.74 Å². The Morgan fingerprint density at radius 1 is 0.638 bits per heavy atom. The van der Waals surface area contributed by atoms with Crippen LogP contribution in [0.15, 0.2) is 85.0 Å². The number of imide groups is 2. The second-order valence-electron chi connectivity index (χ2n) is 12.1. The van der Waals surface area contributed by atoms with Crippen LogP contribution in [0, 0.1) is 47.3 Å². The summed E-state index contributed by atoms with van der Waals surface area (Å²) in [4.78, 5) is 74.3. The van der Waals surface area contributed by atoms with Gasteiger partial charge in [-0.05, 0) is 47.6 Å². The van der Waals surface area contributed by atoms with Crippen LogP contribution in [0.4, 0.5) is 9.59 Å². The average molecular weight is 663 g/mol. The zero-order valence-electron chi connectivity index (χ0n) is 24.9. The molecule has 8 rings (SSSR count). The van der Waals surface area contributed by atoms with Gasteiger partial charge in [0, 0.05) is 11.6 Å². The largest absolute Gasteiger partial charge is 0.534 e. The third-order valence-electron chi connectivity index (χ3n) is 9.44. The normalized spacial score (nSPS) is 30.0. The number of rotatable bonds is 5. The third kappa shape index (κ3) is 6.43. The monoisotopic (exact) mass is 662 g/mol. The van der Waals surface area contributed by atoms with Crippen molar-refractivity contribution in [1.82, 2.24) is 10.1 Å². The van der Waals surface area contributed by atoms with E-state index in [0.29, 0.717) is 10.1 Å². The lowest BCUT2D eigenvalue weighted by molar-refractivity contribution is -0.180. The lowest BCUT2D eigenvalue weighted by Crippen LogP contribution is -2.35. The molecule has 2 saturated carbocycles. The molecule has 4 amide bonds. The van der Waals surface area contributed by atoms with Crippen LogP contribution in [-0.4, -0.2) is 50.5 Å². The minimum Gasteiger partial charge on any atom is -0.449 e. The van der Waals surface area contributed by atoms with E-state index in [1.807, 2.05) is 72.8 Å². The van der Waals surface area contributed by atoms with Crippen molar-refractivity contribution in [1.29, 1.82) is 0 Å². The SMILES string of the molecule is O=C(Cl)OCc1ccccc1.O=C(OCc1ccccc1)ON1C(=O)C2C3C=CC(C3)C2C1=O.O=C1C2C3C=CC(C3)C2C(=O)N1O. The van der Waals surface area contributed by atoms with Crippen molar-refractivity contribution in [2.75, 3.05) is 0 Å². The molecule has 8 atom stereocenters. The molecule has 4 aliphatic carbocycles. The van der Waals surface area contributed by atoms with E-state index in [-0.39, 0.29) is 60.6 Å². The Morgan fingerprint density at radius 3 is 1.43 bits per heavy atom. The van der Waals surface area contributed by atoms with Gasteiger partial charge < -0.3 is 9.47 Å². The van der Waals surface area contributed by atoms with Crippen LogP contribution in [0.3, 0.4) is 0 Å². The van der Waals surface area contributed by atoms with Gasteiger partial charge in [0.15, 0.2) is 0 Å². The van der Waals surface area contributed by atoms with Gasteiger partial charge >= 0.3 is 11.6 Å². The Labute approximate surface area is 274 Å². The van der Waals surface area contributed by atoms with Gasteiger partial charge in [0.2, 0.25) is 0 Å². The standard InChI is InChI=1S/C17H15NO5.C9H9NO3.C8H7ClO2/c19-15-13-11-6-7-12(8-11)14(13)16(20)18(15)23-17(21)22-9-10-4-2-1-3-5-10;11-8-6-4-1-2-5(3-4)7(6)9(12)10(8)13;9-8(10)11-6-7-4-2-1-3-5-7/h1-7,11-14H,8-9H2;1-2,4-7,13H,3H2;1-5H,6H2. The molecule has 0 radical (unpaired) electrons. The number of amides is 4. The second-order valence-corrected chi connectivity index (χ2v) is 12.4. The molecule has 12 nitrogen and oxygen atoms in total. The van der Waals surface area contributed by atoms with Crippen LogP contribution in [0.5, 0.6) is 0 Å². The smallest absolute Gasteiger partial charge is 0.449 e. The molecule has 2 saturated heterocycles. The predicted molar refractivity (Wildman–Crippen MR) is 161 cm³/mol. The van der Waals surface area contributed by atoms with Crippen LogP contribution in [0.25, 0.3) is 0 Å². The van der Waals surface area contributed by atoms with Crippen LogP contribution in [-0.2, 0) is 46.7 Å². The number of hydrogen-bond donors (Lipinski definition) is 1. The molecule has 0 aromatic heterocycles. The molecule has 2 aliphatic heterocycles. The quantitative estimate of drug-likeness (QED) is 0.155. The van der Waals surface area contributed by atoms with Gasteiger partial charge in [0.25, 0.3) is 23.6 Å². The molecule has 8 unspecified atom stereocenters. The lowest BCUT2D eigenvalue weighted by Gasteiger charge is -2.15. The summed E-state index contributed by atoms with van der Waals surface area (Å²) < 4.78 is 9.51. The van der Waals surface area contributed by atoms with Crippen molar-refractivity contribution in [2.24, 2.45) is 47.3 Å². The van der Waals surface area contributed by atoms with E-state index in [9.17, 15) is 28.8 Å². The van der Waals surface area contributed by atoms with E-state index in [4.69, 9.17) is 26.4 Å². The Hall–Kier alpha value is -4.81. The minimum absolute atomic E-state index is 0.0234. The molecular weight excluding hydrogens is 632 g/mol. The molecule has 6 aliphatic rings. The molecule has 13 heteroatoms. The fraction of sp³-hybridized carbons (Fsp3) is 0.353. The highest BCUT2D eigenvalue weighted by Crippen LogP contribution is 2.53. The van der Waals surface area contributed by atoms with Gasteiger partial charge in [-0.2, -0.15) is 5.06 Å². The fourth-order valence-corrected chi connectivity index (χ4v) is 7.44. The van der Waals surface area contributed by atoms with Crippen molar-refractivity contribution in [3.8, 4) is 0 Å². The van der Waals surface area contributed by atoms with E-state index < -0.39 is 35.2 Å². The van der Waals surface area contributed by atoms with Crippen molar-refractivity contribution >= 4 is 46.8 Å². The molecule has 0 spiro atoms. The first-order chi connectivity index (χ1) is 22.6. The van der Waals surface area contributed by atoms with Gasteiger partial charge in [0.1, 0.15) is 13.2 Å². The van der Waals surface area contributed by atoms with Gasteiger partial charge in [-0.1, -0.05) is 90.0 Å². The number of hydrogen-bond acceptors (Lipinski definition) is 10. The molecule has 1 N–H and O–H groups in total. The van der Waals surface area contributed by atoms with Crippen molar-refractivity contribution in [2.45, 2.75) is 26.1 Å². The summed E-state index contributed by atoms with van der Waals surface area (Å²) in [5, 5.41) is 10.0. The molecule has 2 heterocycles. The van der Waals surface area contributed by atoms with Gasteiger partial charge in [-0.3, -0.25) is 29.2 Å². The topological polar surface area (TPSA) is 157 Å². The number of hydroxylamine groups is 4. The average Bonchev–Trinajstić information content (AvgIpc) is 3.94. The number of halogens is 1. The summed E-state index contributed by atoms with van der Waals surface area (Å²) in [6.07, 6.45) is 8.64. The first-order valence-electron chi connectivity index (χ1n) is 15.2. The van der Waals surface area contributed by atoms with Crippen molar-refractivity contribution in [3.05, 3.63) is 96.1 Å². The van der Waals surface area contributed by atoms with Crippen molar-refractivity contribution in [3.63, 3.8) is 0 Å².